The molecular formula is C14H14F3N5. The van der Waals surface area contributed by atoms with E-state index in [0.29, 0.717) is 5.69 Å². The summed E-state index contributed by atoms with van der Waals surface area (Å²) in [5.41, 5.74) is -0.0568. The quantitative estimate of drug-likeness (QED) is 0.852. The molecule has 2 aromatic rings. The van der Waals surface area contributed by atoms with Crippen LogP contribution in [0.25, 0.3) is 0 Å². The first-order valence-electron chi connectivity index (χ1n) is 6.91. The molecule has 1 saturated heterocycles. The average molecular weight is 309 g/mol. The third-order valence-electron chi connectivity index (χ3n) is 3.47. The van der Waals surface area contributed by atoms with Crippen LogP contribution in [0.2, 0.25) is 0 Å². The Morgan fingerprint density at radius 3 is 2.64 bits per heavy atom. The van der Waals surface area contributed by atoms with Crippen LogP contribution in [0, 0.1) is 0 Å². The van der Waals surface area contributed by atoms with Crippen molar-refractivity contribution in [3.05, 3.63) is 36.0 Å². The molecule has 1 aromatic carbocycles. The first-order chi connectivity index (χ1) is 10.5. The SMILES string of the molecule is FC(F)(F)c1cccc(N=Nc2cn[nH]c2N2CCCC2)c1. The first-order valence-corrected chi connectivity index (χ1v) is 6.91. The highest BCUT2D eigenvalue weighted by molar-refractivity contribution is 5.61. The van der Waals surface area contributed by atoms with E-state index in [-0.39, 0.29) is 5.69 Å². The summed E-state index contributed by atoms with van der Waals surface area (Å²) >= 11 is 0. The van der Waals surface area contributed by atoms with Gasteiger partial charge in [0.25, 0.3) is 0 Å². The van der Waals surface area contributed by atoms with Crippen molar-refractivity contribution < 1.29 is 13.2 Å². The third kappa shape index (κ3) is 3.10. The highest BCUT2D eigenvalue weighted by Gasteiger charge is 2.30. The smallest absolute Gasteiger partial charge is 0.355 e. The molecule has 1 aromatic heterocycles. The number of H-pyrrole nitrogens is 1. The summed E-state index contributed by atoms with van der Waals surface area (Å²) in [5, 5.41) is 14.7. The molecule has 3 rings (SSSR count). The van der Waals surface area contributed by atoms with E-state index in [0.717, 1.165) is 43.9 Å². The van der Waals surface area contributed by atoms with E-state index in [9.17, 15) is 13.2 Å². The van der Waals surface area contributed by atoms with E-state index in [4.69, 9.17) is 0 Å². The van der Waals surface area contributed by atoms with Crippen LogP contribution < -0.4 is 4.90 Å². The maximum absolute atomic E-state index is 12.7. The maximum Gasteiger partial charge on any atom is 0.416 e. The predicted molar refractivity (Wildman–Crippen MR) is 75.7 cm³/mol. The van der Waals surface area contributed by atoms with Gasteiger partial charge >= 0.3 is 6.18 Å². The van der Waals surface area contributed by atoms with Crippen LogP contribution in [0.3, 0.4) is 0 Å². The summed E-state index contributed by atoms with van der Waals surface area (Å²) in [7, 11) is 0. The van der Waals surface area contributed by atoms with Gasteiger partial charge in [0.15, 0.2) is 5.82 Å². The van der Waals surface area contributed by atoms with Gasteiger partial charge in [0.1, 0.15) is 5.69 Å². The maximum atomic E-state index is 12.7. The van der Waals surface area contributed by atoms with Crippen molar-refractivity contribution in [3.63, 3.8) is 0 Å². The minimum atomic E-state index is -4.39. The van der Waals surface area contributed by atoms with E-state index in [1.165, 1.54) is 18.3 Å². The standard InChI is InChI=1S/C14H14F3N5/c15-14(16,17)10-4-3-5-11(8-10)19-20-12-9-18-21-13(12)22-6-1-2-7-22/h3-5,8-9H,1-2,6-7H2,(H,18,21). The molecule has 0 radical (unpaired) electrons. The number of hydrogen-bond acceptors (Lipinski definition) is 4. The third-order valence-corrected chi connectivity index (χ3v) is 3.47. The topological polar surface area (TPSA) is 56.6 Å². The van der Waals surface area contributed by atoms with Gasteiger partial charge in [-0.3, -0.25) is 5.10 Å². The number of aromatic amines is 1. The highest BCUT2D eigenvalue weighted by Crippen LogP contribution is 2.33. The number of aromatic nitrogens is 2. The summed E-state index contributed by atoms with van der Waals surface area (Å²) in [6, 6.07) is 4.77. The van der Waals surface area contributed by atoms with Crippen molar-refractivity contribution in [2.45, 2.75) is 19.0 Å². The molecule has 116 valence electrons. The molecule has 1 fully saturated rings. The van der Waals surface area contributed by atoms with Crippen molar-refractivity contribution in [1.82, 2.24) is 10.2 Å². The molecule has 8 heteroatoms. The number of alkyl halides is 3. The molecule has 0 saturated carbocycles. The Balaban J connectivity index is 1.81. The van der Waals surface area contributed by atoms with Crippen molar-refractivity contribution in [3.8, 4) is 0 Å². The van der Waals surface area contributed by atoms with E-state index in [1.54, 1.807) is 0 Å². The largest absolute Gasteiger partial charge is 0.416 e. The van der Waals surface area contributed by atoms with Crippen molar-refractivity contribution in [2.24, 2.45) is 10.2 Å². The van der Waals surface area contributed by atoms with Crippen LogP contribution in [-0.2, 0) is 6.18 Å². The summed E-state index contributed by atoms with van der Waals surface area (Å²) < 4.78 is 38.0. The lowest BCUT2D eigenvalue weighted by Crippen LogP contribution is -2.17. The number of nitrogens with zero attached hydrogens (tertiary/aromatic N) is 4. The summed E-state index contributed by atoms with van der Waals surface area (Å²) in [5.74, 6) is 0.758. The molecule has 0 atom stereocenters. The molecule has 0 spiro atoms. The van der Waals surface area contributed by atoms with Gasteiger partial charge < -0.3 is 4.90 Å². The van der Waals surface area contributed by atoms with Gasteiger partial charge in [-0.2, -0.15) is 23.4 Å². The second kappa shape index (κ2) is 5.78. The monoisotopic (exact) mass is 309 g/mol. The van der Waals surface area contributed by atoms with Crippen molar-refractivity contribution >= 4 is 17.2 Å². The van der Waals surface area contributed by atoms with Gasteiger partial charge in [0.05, 0.1) is 17.4 Å². The van der Waals surface area contributed by atoms with Crippen LogP contribution in [0.5, 0.6) is 0 Å². The Hall–Kier alpha value is -2.38. The number of rotatable bonds is 3. The van der Waals surface area contributed by atoms with Crippen LogP contribution in [0.1, 0.15) is 18.4 Å². The van der Waals surface area contributed by atoms with Crippen LogP contribution >= 0.6 is 0 Å². The van der Waals surface area contributed by atoms with Gasteiger partial charge in [-0.15, -0.1) is 5.11 Å². The van der Waals surface area contributed by atoms with Crippen LogP contribution in [-0.4, -0.2) is 23.3 Å². The van der Waals surface area contributed by atoms with Gasteiger partial charge in [0, 0.05) is 13.1 Å². The van der Waals surface area contributed by atoms with Crippen molar-refractivity contribution in [1.29, 1.82) is 0 Å². The number of hydrogen-bond donors (Lipinski definition) is 1. The normalized spacial score (nSPS) is 15.9. The molecule has 0 unspecified atom stereocenters. The van der Waals surface area contributed by atoms with Crippen LogP contribution in [0.15, 0.2) is 40.7 Å². The second-order valence-corrected chi connectivity index (χ2v) is 5.05. The Kier molecular flexibility index (Phi) is 3.82. The average Bonchev–Trinajstić information content (AvgIpc) is 3.15. The van der Waals surface area contributed by atoms with E-state index in [2.05, 4.69) is 25.3 Å². The predicted octanol–water partition coefficient (Wildman–Crippen LogP) is 4.44. The summed E-state index contributed by atoms with van der Waals surface area (Å²) in [6.45, 7) is 1.82. The molecule has 5 nitrogen and oxygen atoms in total. The number of nitrogens with one attached hydrogen (secondary N) is 1. The fraction of sp³-hybridized carbons (Fsp3) is 0.357. The van der Waals surface area contributed by atoms with E-state index < -0.39 is 11.7 Å². The van der Waals surface area contributed by atoms with Gasteiger partial charge in [-0.25, -0.2) is 0 Å². The molecule has 1 N–H and O–H groups in total. The zero-order valence-electron chi connectivity index (χ0n) is 11.6. The molecule has 0 aliphatic carbocycles. The molecule has 0 bridgehead atoms. The molecule has 1 aliphatic heterocycles. The number of azo groups is 1. The molecular weight excluding hydrogens is 295 g/mol. The van der Waals surface area contributed by atoms with Gasteiger partial charge in [-0.05, 0) is 31.0 Å². The zero-order chi connectivity index (χ0) is 15.6. The fourth-order valence-electron chi connectivity index (χ4n) is 2.38. The van der Waals surface area contributed by atoms with Gasteiger partial charge in [0.2, 0.25) is 0 Å². The lowest BCUT2D eigenvalue weighted by molar-refractivity contribution is -0.137. The minimum absolute atomic E-state index is 0.156. The fourth-order valence-corrected chi connectivity index (χ4v) is 2.38. The number of halogens is 3. The Morgan fingerprint density at radius 1 is 1.14 bits per heavy atom. The molecule has 0 amide bonds. The second-order valence-electron chi connectivity index (χ2n) is 5.05. The Morgan fingerprint density at radius 2 is 1.91 bits per heavy atom. The highest BCUT2D eigenvalue weighted by atomic mass is 19.4. The number of anilines is 1. The van der Waals surface area contributed by atoms with Crippen molar-refractivity contribution in [2.75, 3.05) is 18.0 Å². The molecule has 22 heavy (non-hydrogen) atoms. The molecule has 2 heterocycles. The zero-order valence-corrected chi connectivity index (χ0v) is 11.6. The molecule has 1 aliphatic rings. The lowest BCUT2D eigenvalue weighted by Gasteiger charge is -2.14. The van der Waals surface area contributed by atoms with Crippen LogP contribution in [0.4, 0.5) is 30.4 Å². The Labute approximate surface area is 124 Å². The number of benzene rings is 1. The summed E-state index contributed by atoms with van der Waals surface area (Å²) in [6.07, 6.45) is -0.668. The van der Waals surface area contributed by atoms with E-state index >= 15 is 0 Å². The first kappa shape index (κ1) is 14.6. The van der Waals surface area contributed by atoms with E-state index in [1.807, 2.05) is 0 Å². The Bertz CT molecular complexity index is 671. The summed E-state index contributed by atoms with van der Waals surface area (Å²) in [4.78, 5) is 2.10. The minimum Gasteiger partial charge on any atom is -0.355 e. The van der Waals surface area contributed by atoms with Gasteiger partial charge in [-0.1, -0.05) is 6.07 Å². The lowest BCUT2D eigenvalue weighted by atomic mass is 10.2.